The third-order valence-electron chi connectivity index (χ3n) is 5.42. The molecule has 0 aliphatic heterocycles. The molecule has 0 radical (unpaired) electrons. The van der Waals surface area contributed by atoms with Crippen LogP contribution in [0.2, 0.25) is 0 Å². The Kier molecular flexibility index (Phi) is 6.06. The number of amides is 1. The highest BCUT2D eigenvalue weighted by atomic mass is 16.5. The van der Waals surface area contributed by atoms with Crippen molar-refractivity contribution < 1.29 is 9.53 Å². The van der Waals surface area contributed by atoms with Crippen molar-refractivity contribution in [3.05, 3.63) is 65.4 Å². The number of hydrogen-bond acceptors (Lipinski definition) is 3. The Morgan fingerprint density at radius 2 is 1.69 bits per heavy atom. The zero-order valence-electron chi connectivity index (χ0n) is 18.0. The van der Waals surface area contributed by atoms with Crippen molar-refractivity contribution in [1.82, 2.24) is 15.1 Å². The topological polar surface area (TPSA) is 56.2 Å². The molecule has 5 heteroatoms. The molecular weight excluding hydrogens is 362 g/mol. The van der Waals surface area contributed by atoms with Crippen molar-refractivity contribution in [1.29, 1.82) is 0 Å². The van der Waals surface area contributed by atoms with Crippen LogP contribution in [-0.4, -0.2) is 28.8 Å². The highest BCUT2D eigenvalue weighted by Crippen LogP contribution is 2.25. The summed E-state index contributed by atoms with van der Waals surface area (Å²) in [6.45, 7) is 10.4. The number of rotatable bonds is 6. The minimum atomic E-state index is -0.135. The fraction of sp³-hybridized carbons (Fsp3) is 0.333. The van der Waals surface area contributed by atoms with Gasteiger partial charge in [-0.25, -0.2) is 4.68 Å². The molecule has 1 heterocycles. The molecule has 0 spiro atoms. The molecule has 0 fully saturated rings. The third kappa shape index (κ3) is 4.50. The number of carbonyl (C=O) groups is 1. The lowest BCUT2D eigenvalue weighted by atomic mass is 10.0. The molecule has 1 unspecified atom stereocenters. The molecule has 0 aliphatic carbocycles. The number of nitrogens with one attached hydrogen (secondary N) is 1. The first kappa shape index (κ1) is 20.6. The Balaban J connectivity index is 2.07. The van der Waals surface area contributed by atoms with Gasteiger partial charge >= 0.3 is 0 Å². The summed E-state index contributed by atoms with van der Waals surface area (Å²) in [6.07, 6.45) is 0. The van der Waals surface area contributed by atoms with E-state index in [0.29, 0.717) is 11.6 Å². The predicted octanol–water partition coefficient (Wildman–Crippen LogP) is 4.94. The number of hydrogen-bond donors (Lipinski definition) is 1. The van der Waals surface area contributed by atoms with Gasteiger partial charge in [0.2, 0.25) is 0 Å². The van der Waals surface area contributed by atoms with E-state index in [1.807, 2.05) is 43.3 Å². The van der Waals surface area contributed by atoms with Crippen LogP contribution in [0.3, 0.4) is 0 Å². The number of carbonyl (C=O) groups excluding carboxylic acids is 1. The number of methoxy groups -OCH3 is 1. The van der Waals surface area contributed by atoms with Crippen molar-refractivity contribution in [2.75, 3.05) is 7.11 Å². The Bertz CT molecular complexity index is 1000. The second-order valence-corrected chi connectivity index (χ2v) is 7.83. The summed E-state index contributed by atoms with van der Waals surface area (Å²) in [5.74, 6) is 0.967. The minimum Gasteiger partial charge on any atom is -0.497 e. The second-order valence-electron chi connectivity index (χ2n) is 7.83. The maximum absolute atomic E-state index is 13.0. The molecule has 3 aromatic rings. The molecule has 0 saturated heterocycles. The van der Waals surface area contributed by atoms with Crippen LogP contribution >= 0.6 is 0 Å². The van der Waals surface area contributed by atoms with Crippen molar-refractivity contribution in [2.45, 2.75) is 40.7 Å². The number of ether oxygens (including phenoxy) is 1. The van der Waals surface area contributed by atoms with Gasteiger partial charge in [0.1, 0.15) is 11.4 Å². The normalized spacial score (nSPS) is 12.1. The molecule has 0 saturated carbocycles. The number of aryl methyl sites for hydroxylation is 2. The number of nitrogens with zero attached hydrogens (tertiary/aromatic N) is 2. The monoisotopic (exact) mass is 391 g/mol. The summed E-state index contributed by atoms with van der Waals surface area (Å²) < 4.78 is 6.95. The van der Waals surface area contributed by atoms with Gasteiger partial charge in [-0.15, -0.1) is 0 Å². The molecule has 2 aromatic carbocycles. The molecule has 0 aliphatic rings. The largest absolute Gasteiger partial charge is 0.497 e. The van der Waals surface area contributed by atoms with Crippen LogP contribution < -0.4 is 10.1 Å². The van der Waals surface area contributed by atoms with E-state index in [0.717, 1.165) is 22.7 Å². The van der Waals surface area contributed by atoms with Crippen molar-refractivity contribution in [3.8, 4) is 22.7 Å². The van der Waals surface area contributed by atoms with E-state index in [4.69, 9.17) is 9.84 Å². The first-order valence-corrected chi connectivity index (χ1v) is 9.93. The SMILES string of the molecule is COc1ccc(-n2nc(-c3ccc(C)c(C)c3)cc2C(=O)NC(C)C(C)C)cc1. The average molecular weight is 392 g/mol. The first-order valence-electron chi connectivity index (χ1n) is 9.93. The highest BCUT2D eigenvalue weighted by Gasteiger charge is 2.20. The van der Waals surface area contributed by atoms with Crippen LogP contribution in [0.4, 0.5) is 0 Å². The first-order chi connectivity index (χ1) is 13.8. The average Bonchev–Trinajstić information content (AvgIpc) is 3.15. The lowest BCUT2D eigenvalue weighted by Gasteiger charge is -2.17. The Labute approximate surface area is 172 Å². The van der Waals surface area contributed by atoms with Crippen molar-refractivity contribution in [3.63, 3.8) is 0 Å². The Morgan fingerprint density at radius 1 is 1.00 bits per heavy atom. The zero-order chi connectivity index (χ0) is 21.1. The van der Waals surface area contributed by atoms with E-state index in [9.17, 15) is 4.79 Å². The zero-order valence-corrected chi connectivity index (χ0v) is 18.0. The summed E-state index contributed by atoms with van der Waals surface area (Å²) in [6, 6.07) is 15.7. The maximum atomic E-state index is 13.0. The molecule has 152 valence electrons. The van der Waals surface area contributed by atoms with Gasteiger partial charge in [-0.1, -0.05) is 26.0 Å². The van der Waals surface area contributed by atoms with E-state index in [1.54, 1.807) is 11.8 Å². The lowest BCUT2D eigenvalue weighted by Crippen LogP contribution is -2.37. The van der Waals surface area contributed by atoms with Crippen LogP contribution in [0.5, 0.6) is 5.75 Å². The maximum Gasteiger partial charge on any atom is 0.270 e. The van der Waals surface area contributed by atoms with Gasteiger partial charge in [0.25, 0.3) is 5.91 Å². The summed E-state index contributed by atoms with van der Waals surface area (Å²) in [7, 11) is 1.63. The van der Waals surface area contributed by atoms with E-state index in [2.05, 4.69) is 45.1 Å². The van der Waals surface area contributed by atoms with E-state index < -0.39 is 0 Å². The summed E-state index contributed by atoms with van der Waals surface area (Å²) in [4.78, 5) is 13.0. The van der Waals surface area contributed by atoms with E-state index in [1.165, 1.54) is 11.1 Å². The minimum absolute atomic E-state index is 0.0618. The quantitative estimate of drug-likeness (QED) is 0.648. The van der Waals surface area contributed by atoms with Crippen LogP contribution in [0.25, 0.3) is 16.9 Å². The van der Waals surface area contributed by atoms with Crippen molar-refractivity contribution >= 4 is 5.91 Å². The summed E-state index contributed by atoms with van der Waals surface area (Å²) in [5.41, 5.74) is 5.50. The molecule has 0 bridgehead atoms. The Hall–Kier alpha value is -3.08. The second kappa shape index (κ2) is 8.52. The molecule has 3 rings (SSSR count). The van der Waals surface area contributed by atoms with E-state index in [-0.39, 0.29) is 11.9 Å². The predicted molar refractivity (Wildman–Crippen MR) is 117 cm³/mol. The fourth-order valence-corrected chi connectivity index (χ4v) is 2.95. The molecule has 1 N–H and O–H groups in total. The van der Waals surface area contributed by atoms with Crippen LogP contribution in [0, 0.1) is 19.8 Å². The van der Waals surface area contributed by atoms with Gasteiger partial charge in [0.15, 0.2) is 0 Å². The molecular formula is C24H29N3O2. The third-order valence-corrected chi connectivity index (χ3v) is 5.42. The van der Waals surface area contributed by atoms with Gasteiger partial charge in [-0.3, -0.25) is 4.79 Å². The fourth-order valence-electron chi connectivity index (χ4n) is 2.95. The molecule has 1 atom stereocenters. The highest BCUT2D eigenvalue weighted by molar-refractivity contribution is 5.94. The van der Waals surface area contributed by atoms with Gasteiger partial charge in [-0.05, 0) is 74.2 Å². The molecule has 5 nitrogen and oxygen atoms in total. The number of benzene rings is 2. The molecule has 29 heavy (non-hydrogen) atoms. The van der Waals surface area contributed by atoms with Crippen LogP contribution in [0.15, 0.2) is 48.5 Å². The lowest BCUT2D eigenvalue weighted by molar-refractivity contribution is 0.0922. The van der Waals surface area contributed by atoms with Gasteiger partial charge in [0.05, 0.1) is 18.5 Å². The van der Waals surface area contributed by atoms with Crippen LogP contribution in [0.1, 0.15) is 42.4 Å². The van der Waals surface area contributed by atoms with Gasteiger partial charge in [0, 0.05) is 11.6 Å². The number of aromatic nitrogens is 2. The summed E-state index contributed by atoms with van der Waals surface area (Å²) >= 11 is 0. The van der Waals surface area contributed by atoms with E-state index >= 15 is 0 Å². The van der Waals surface area contributed by atoms with Crippen LogP contribution in [-0.2, 0) is 0 Å². The van der Waals surface area contributed by atoms with Gasteiger partial charge < -0.3 is 10.1 Å². The Morgan fingerprint density at radius 3 is 2.28 bits per heavy atom. The summed E-state index contributed by atoms with van der Waals surface area (Å²) in [5, 5.41) is 7.85. The standard InChI is InChI=1S/C24H29N3O2/c1-15(2)18(5)25-24(28)23-14-22(19-8-7-16(3)17(4)13-19)26-27(23)20-9-11-21(29-6)12-10-20/h7-15,18H,1-6H3,(H,25,28). The molecule has 1 amide bonds. The molecule has 1 aromatic heterocycles. The smallest absolute Gasteiger partial charge is 0.270 e. The van der Waals surface area contributed by atoms with Crippen molar-refractivity contribution in [2.24, 2.45) is 5.92 Å². The van der Waals surface area contributed by atoms with Gasteiger partial charge in [-0.2, -0.15) is 5.10 Å².